The van der Waals surface area contributed by atoms with Crippen LogP contribution in [0.2, 0.25) is 0 Å². The lowest BCUT2D eigenvalue weighted by molar-refractivity contribution is 0.405. The molecule has 1 aromatic rings. The van der Waals surface area contributed by atoms with Crippen molar-refractivity contribution in [3.8, 4) is 0 Å². The lowest BCUT2D eigenvalue weighted by Gasteiger charge is -2.10. The molecule has 1 rings (SSSR count). The van der Waals surface area contributed by atoms with Gasteiger partial charge in [-0.2, -0.15) is 0 Å². The third-order valence-electron chi connectivity index (χ3n) is 1.87. The number of rotatable bonds is 6. The van der Waals surface area contributed by atoms with E-state index in [4.69, 9.17) is 5.84 Å². The van der Waals surface area contributed by atoms with Crippen molar-refractivity contribution in [2.45, 2.75) is 6.42 Å². The Balaban J connectivity index is 2.30. The fraction of sp³-hybridized carbons (Fsp3) is 0.556. The summed E-state index contributed by atoms with van der Waals surface area (Å²) in [6.45, 7) is 1.93. The SMILES string of the molecule is CN(C)CCCNc1cncc(NN)n1. The van der Waals surface area contributed by atoms with Crippen molar-refractivity contribution in [3.63, 3.8) is 0 Å². The zero-order valence-corrected chi connectivity index (χ0v) is 9.20. The first kappa shape index (κ1) is 11.7. The highest BCUT2D eigenvalue weighted by atomic mass is 15.3. The first-order valence-corrected chi connectivity index (χ1v) is 4.89. The Hall–Kier alpha value is -1.40. The Morgan fingerprint density at radius 1 is 1.33 bits per heavy atom. The summed E-state index contributed by atoms with van der Waals surface area (Å²) < 4.78 is 0. The molecule has 0 spiro atoms. The number of hydrogen-bond donors (Lipinski definition) is 3. The monoisotopic (exact) mass is 210 g/mol. The maximum atomic E-state index is 5.23. The Labute approximate surface area is 89.9 Å². The molecule has 0 aliphatic heterocycles. The standard InChI is InChI=1S/C9H18N6/c1-15(2)5-3-4-12-8-6-11-7-9(13-8)14-10/h6-7H,3-5,10H2,1-2H3,(H2,12,13,14). The average Bonchev–Trinajstić information content (AvgIpc) is 2.24. The van der Waals surface area contributed by atoms with Gasteiger partial charge in [0.2, 0.25) is 0 Å². The molecule has 6 nitrogen and oxygen atoms in total. The zero-order chi connectivity index (χ0) is 11.1. The number of aromatic nitrogens is 2. The number of hydrazine groups is 1. The largest absolute Gasteiger partial charge is 0.369 e. The first-order valence-electron chi connectivity index (χ1n) is 4.89. The molecule has 0 aromatic carbocycles. The lowest BCUT2D eigenvalue weighted by Crippen LogP contribution is -2.17. The highest BCUT2D eigenvalue weighted by Gasteiger charge is 1.96. The minimum Gasteiger partial charge on any atom is -0.369 e. The quantitative estimate of drug-likeness (QED) is 0.352. The second-order valence-electron chi connectivity index (χ2n) is 3.52. The van der Waals surface area contributed by atoms with Gasteiger partial charge in [-0.3, -0.25) is 4.98 Å². The summed E-state index contributed by atoms with van der Waals surface area (Å²) in [6.07, 6.45) is 4.32. The fourth-order valence-electron chi connectivity index (χ4n) is 1.13. The van der Waals surface area contributed by atoms with Crippen molar-refractivity contribution in [2.24, 2.45) is 5.84 Å². The summed E-state index contributed by atoms with van der Waals surface area (Å²) in [6, 6.07) is 0. The maximum Gasteiger partial charge on any atom is 0.160 e. The van der Waals surface area contributed by atoms with Gasteiger partial charge in [-0.25, -0.2) is 10.8 Å². The lowest BCUT2D eigenvalue weighted by atomic mass is 10.4. The van der Waals surface area contributed by atoms with Crippen LogP contribution in [0, 0.1) is 0 Å². The van der Waals surface area contributed by atoms with Gasteiger partial charge in [0.15, 0.2) is 5.82 Å². The molecule has 6 heteroatoms. The maximum absolute atomic E-state index is 5.23. The smallest absolute Gasteiger partial charge is 0.160 e. The summed E-state index contributed by atoms with van der Waals surface area (Å²) in [5.74, 6) is 6.53. The molecular formula is C9H18N6. The Bertz CT molecular complexity index is 288. The topological polar surface area (TPSA) is 79.1 Å². The van der Waals surface area contributed by atoms with Crippen LogP contribution in [0.15, 0.2) is 12.4 Å². The molecule has 84 valence electrons. The van der Waals surface area contributed by atoms with E-state index in [-0.39, 0.29) is 0 Å². The van der Waals surface area contributed by atoms with Crippen LogP contribution in [0.4, 0.5) is 11.6 Å². The number of nitrogens with two attached hydrogens (primary N) is 1. The summed E-state index contributed by atoms with van der Waals surface area (Å²) in [5, 5.41) is 3.18. The van der Waals surface area contributed by atoms with E-state index in [9.17, 15) is 0 Å². The molecule has 0 saturated carbocycles. The molecule has 1 heterocycles. The second-order valence-corrected chi connectivity index (χ2v) is 3.52. The van der Waals surface area contributed by atoms with Crippen LogP contribution in [0.25, 0.3) is 0 Å². The van der Waals surface area contributed by atoms with Crippen LogP contribution >= 0.6 is 0 Å². The Kier molecular flexibility index (Phi) is 4.79. The van der Waals surface area contributed by atoms with Gasteiger partial charge in [-0.15, -0.1) is 0 Å². The molecule has 15 heavy (non-hydrogen) atoms. The zero-order valence-electron chi connectivity index (χ0n) is 9.20. The molecule has 0 unspecified atom stereocenters. The van der Waals surface area contributed by atoms with E-state index >= 15 is 0 Å². The summed E-state index contributed by atoms with van der Waals surface area (Å²) in [7, 11) is 4.11. The van der Waals surface area contributed by atoms with Gasteiger partial charge in [0.05, 0.1) is 12.4 Å². The average molecular weight is 210 g/mol. The molecule has 0 amide bonds. The van der Waals surface area contributed by atoms with E-state index < -0.39 is 0 Å². The van der Waals surface area contributed by atoms with E-state index in [0.29, 0.717) is 5.82 Å². The van der Waals surface area contributed by atoms with E-state index in [0.717, 1.165) is 25.3 Å². The van der Waals surface area contributed by atoms with E-state index in [1.807, 2.05) is 0 Å². The van der Waals surface area contributed by atoms with Crippen LogP contribution in [-0.4, -0.2) is 42.1 Å². The third-order valence-corrected chi connectivity index (χ3v) is 1.87. The predicted molar refractivity (Wildman–Crippen MR) is 61.5 cm³/mol. The van der Waals surface area contributed by atoms with Crippen molar-refractivity contribution in [2.75, 3.05) is 37.9 Å². The van der Waals surface area contributed by atoms with E-state index in [1.165, 1.54) is 0 Å². The number of nitrogens with one attached hydrogen (secondary N) is 2. The Morgan fingerprint density at radius 2 is 2.07 bits per heavy atom. The van der Waals surface area contributed by atoms with Crippen molar-refractivity contribution >= 4 is 11.6 Å². The van der Waals surface area contributed by atoms with Crippen LogP contribution in [0.3, 0.4) is 0 Å². The minimum atomic E-state index is 0.563. The number of nitrogens with zero attached hydrogens (tertiary/aromatic N) is 3. The van der Waals surface area contributed by atoms with Gasteiger partial charge < -0.3 is 15.6 Å². The molecule has 1 aromatic heterocycles. The van der Waals surface area contributed by atoms with Crippen LogP contribution < -0.4 is 16.6 Å². The van der Waals surface area contributed by atoms with Gasteiger partial charge in [0, 0.05) is 6.54 Å². The van der Waals surface area contributed by atoms with Gasteiger partial charge >= 0.3 is 0 Å². The normalized spacial score (nSPS) is 10.4. The molecule has 0 atom stereocenters. The minimum absolute atomic E-state index is 0.563. The molecule has 4 N–H and O–H groups in total. The molecular weight excluding hydrogens is 192 g/mol. The highest BCUT2D eigenvalue weighted by Crippen LogP contribution is 2.04. The molecule has 0 fully saturated rings. The van der Waals surface area contributed by atoms with Crippen molar-refractivity contribution in [1.29, 1.82) is 0 Å². The third kappa shape index (κ3) is 4.57. The highest BCUT2D eigenvalue weighted by molar-refractivity contribution is 5.40. The molecule has 0 bridgehead atoms. The second kappa shape index (κ2) is 6.15. The van der Waals surface area contributed by atoms with Crippen LogP contribution in [-0.2, 0) is 0 Å². The van der Waals surface area contributed by atoms with Gasteiger partial charge in [0.1, 0.15) is 5.82 Å². The van der Waals surface area contributed by atoms with Gasteiger partial charge in [0.25, 0.3) is 0 Å². The van der Waals surface area contributed by atoms with Gasteiger partial charge in [-0.05, 0) is 27.1 Å². The van der Waals surface area contributed by atoms with E-state index in [1.54, 1.807) is 12.4 Å². The van der Waals surface area contributed by atoms with Crippen LogP contribution in [0.1, 0.15) is 6.42 Å². The van der Waals surface area contributed by atoms with Crippen molar-refractivity contribution in [1.82, 2.24) is 14.9 Å². The molecule has 0 radical (unpaired) electrons. The van der Waals surface area contributed by atoms with E-state index in [2.05, 4.69) is 39.7 Å². The molecule has 0 aliphatic carbocycles. The van der Waals surface area contributed by atoms with Gasteiger partial charge in [-0.1, -0.05) is 0 Å². The molecule has 0 saturated heterocycles. The fourth-order valence-corrected chi connectivity index (χ4v) is 1.13. The Morgan fingerprint density at radius 3 is 2.73 bits per heavy atom. The summed E-state index contributed by atoms with van der Waals surface area (Å²) >= 11 is 0. The summed E-state index contributed by atoms with van der Waals surface area (Å²) in [5.41, 5.74) is 2.45. The summed E-state index contributed by atoms with van der Waals surface area (Å²) in [4.78, 5) is 10.3. The number of nitrogen functional groups attached to an aromatic ring is 1. The predicted octanol–water partition coefficient (Wildman–Crippen LogP) is 0.126. The first-order chi connectivity index (χ1) is 7.22. The number of anilines is 2. The van der Waals surface area contributed by atoms with Crippen molar-refractivity contribution in [3.05, 3.63) is 12.4 Å². The molecule has 0 aliphatic rings. The number of hydrogen-bond acceptors (Lipinski definition) is 6. The van der Waals surface area contributed by atoms with Crippen LogP contribution in [0.5, 0.6) is 0 Å². The van der Waals surface area contributed by atoms with Crippen molar-refractivity contribution < 1.29 is 0 Å².